The summed E-state index contributed by atoms with van der Waals surface area (Å²) < 4.78 is 0. The van der Waals surface area contributed by atoms with Gasteiger partial charge in [-0.3, -0.25) is 4.79 Å². The summed E-state index contributed by atoms with van der Waals surface area (Å²) in [7, 11) is 0. The molecule has 0 aliphatic heterocycles. The maximum absolute atomic E-state index is 11.0. The van der Waals surface area contributed by atoms with Gasteiger partial charge in [0, 0.05) is 6.54 Å². The van der Waals surface area contributed by atoms with Crippen molar-refractivity contribution in [1.29, 1.82) is 0 Å². The molecule has 1 saturated carbocycles. The highest BCUT2D eigenvalue weighted by molar-refractivity contribution is 5.79. The van der Waals surface area contributed by atoms with E-state index in [0.717, 1.165) is 6.54 Å². The average molecular weight is 185 g/mol. The first-order valence-electron chi connectivity index (χ1n) is 5.16. The summed E-state index contributed by atoms with van der Waals surface area (Å²) in [5.41, 5.74) is 0. The normalized spacial score (nSPS) is 21.1. The number of nitrogens with one attached hydrogen (secondary N) is 1. The van der Waals surface area contributed by atoms with Crippen molar-refractivity contribution in [3.63, 3.8) is 0 Å². The fourth-order valence-corrected chi connectivity index (χ4v) is 1.78. The van der Waals surface area contributed by atoms with E-state index in [1.54, 1.807) is 0 Å². The largest absolute Gasteiger partial charge is 0.384 e. The second-order valence-electron chi connectivity index (χ2n) is 3.93. The van der Waals surface area contributed by atoms with E-state index in [2.05, 4.69) is 5.32 Å². The minimum atomic E-state index is -0.872. The summed E-state index contributed by atoms with van der Waals surface area (Å²) in [6, 6.07) is 0. The summed E-state index contributed by atoms with van der Waals surface area (Å²) in [6.45, 7) is 2.24. The topological polar surface area (TPSA) is 49.3 Å². The van der Waals surface area contributed by atoms with Crippen molar-refractivity contribution in [3.05, 3.63) is 0 Å². The second kappa shape index (κ2) is 5.22. The average Bonchev–Trinajstić information content (AvgIpc) is 2.15. The van der Waals surface area contributed by atoms with Gasteiger partial charge >= 0.3 is 0 Å². The van der Waals surface area contributed by atoms with Gasteiger partial charge < -0.3 is 10.4 Å². The summed E-state index contributed by atoms with van der Waals surface area (Å²) in [4.78, 5) is 11.0. The zero-order valence-electron chi connectivity index (χ0n) is 8.25. The number of hydrogen-bond acceptors (Lipinski definition) is 2. The van der Waals surface area contributed by atoms with Gasteiger partial charge in [0.1, 0.15) is 6.10 Å². The highest BCUT2D eigenvalue weighted by Crippen LogP contribution is 2.22. The van der Waals surface area contributed by atoms with Crippen LogP contribution in [0.25, 0.3) is 0 Å². The molecule has 13 heavy (non-hydrogen) atoms. The molecule has 1 aliphatic carbocycles. The third-order valence-electron chi connectivity index (χ3n) is 2.67. The van der Waals surface area contributed by atoms with Crippen molar-refractivity contribution in [2.24, 2.45) is 5.92 Å². The summed E-state index contributed by atoms with van der Waals surface area (Å²) in [6.07, 6.45) is 5.48. The highest BCUT2D eigenvalue weighted by atomic mass is 16.3. The van der Waals surface area contributed by atoms with Crippen molar-refractivity contribution in [1.82, 2.24) is 5.32 Å². The van der Waals surface area contributed by atoms with E-state index >= 15 is 0 Å². The standard InChI is InChI=1S/C10H19NO2/c1-8(12)10(13)11-7-9-5-3-2-4-6-9/h8-9,12H,2-7H2,1H3,(H,11,13)/t8-/m1/s1. The minimum absolute atomic E-state index is 0.245. The minimum Gasteiger partial charge on any atom is -0.384 e. The van der Waals surface area contributed by atoms with Gasteiger partial charge in [0.15, 0.2) is 0 Å². The molecule has 2 N–H and O–H groups in total. The zero-order valence-corrected chi connectivity index (χ0v) is 8.25. The number of rotatable bonds is 3. The van der Waals surface area contributed by atoms with Gasteiger partial charge in [0.05, 0.1) is 0 Å². The molecule has 1 aliphatic rings. The van der Waals surface area contributed by atoms with Crippen LogP contribution in [0.3, 0.4) is 0 Å². The molecule has 3 nitrogen and oxygen atoms in total. The van der Waals surface area contributed by atoms with Gasteiger partial charge in [-0.1, -0.05) is 19.3 Å². The summed E-state index contributed by atoms with van der Waals surface area (Å²) >= 11 is 0. The van der Waals surface area contributed by atoms with Crippen LogP contribution < -0.4 is 5.32 Å². The molecule has 0 bridgehead atoms. The maximum Gasteiger partial charge on any atom is 0.248 e. The Hall–Kier alpha value is -0.570. The molecular weight excluding hydrogens is 166 g/mol. The molecule has 0 saturated heterocycles. The molecule has 0 aromatic heterocycles. The Morgan fingerprint density at radius 2 is 2.08 bits per heavy atom. The van der Waals surface area contributed by atoms with Gasteiger partial charge in [-0.05, 0) is 25.7 Å². The Kier molecular flexibility index (Phi) is 4.22. The lowest BCUT2D eigenvalue weighted by Gasteiger charge is -2.21. The van der Waals surface area contributed by atoms with E-state index in [9.17, 15) is 4.79 Å². The van der Waals surface area contributed by atoms with Crippen molar-refractivity contribution in [2.45, 2.75) is 45.1 Å². The van der Waals surface area contributed by atoms with E-state index in [-0.39, 0.29) is 5.91 Å². The quantitative estimate of drug-likeness (QED) is 0.691. The van der Waals surface area contributed by atoms with Crippen LogP contribution in [0.1, 0.15) is 39.0 Å². The first-order chi connectivity index (χ1) is 6.20. The first kappa shape index (κ1) is 10.5. The fourth-order valence-electron chi connectivity index (χ4n) is 1.78. The first-order valence-corrected chi connectivity index (χ1v) is 5.16. The smallest absolute Gasteiger partial charge is 0.248 e. The Bertz CT molecular complexity index is 162. The van der Waals surface area contributed by atoms with E-state index in [1.165, 1.54) is 39.0 Å². The predicted molar refractivity (Wildman–Crippen MR) is 51.3 cm³/mol. The predicted octanol–water partition coefficient (Wildman–Crippen LogP) is 1.06. The Balaban J connectivity index is 2.13. The lowest BCUT2D eigenvalue weighted by atomic mass is 9.89. The second-order valence-corrected chi connectivity index (χ2v) is 3.93. The maximum atomic E-state index is 11.0. The van der Waals surface area contributed by atoms with Crippen molar-refractivity contribution in [3.8, 4) is 0 Å². The number of carbonyl (C=O) groups is 1. The van der Waals surface area contributed by atoms with Gasteiger partial charge in [-0.2, -0.15) is 0 Å². The SMILES string of the molecule is C[C@@H](O)C(=O)NCC1CCCCC1. The molecule has 0 heterocycles. The Morgan fingerprint density at radius 3 is 2.62 bits per heavy atom. The Labute approximate surface area is 79.5 Å². The summed E-state index contributed by atoms with van der Waals surface area (Å²) in [5.74, 6) is 0.391. The number of amides is 1. The van der Waals surface area contributed by atoms with Crippen LogP contribution in [0.2, 0.25) is 0 Å². The molecule has 0 unspecified atom stereocenters. The van der Waals surface area contributed by atoms with E-state index in [4.69, 9.17) is 5.11 Å². The van der Waals surface area contributed by atoms with Crippen molar-refractivity contribution >= 4 is 5.91 Å². The molecule has 76 valence electrons. The molecule has 0 spiro atoms. The van der Waals surface area contributed by atoms with Gasteiger partial charge in [-0.25, -0.2) is 0 Å². The van der Waals surface area contributed by atoms with Crippen LogP contribution in [-0.2, 0) is 4.79 Å². The van der Waals surface area contributed by atoms with Crippen LogP contribution in [0.5, 0.6) is 0 Å². The molecule has 1 atom stereocenters. The van der Waals surface area contributed by atoms with Gasteiger partial charge in [0.2, 0.25) is 5.91 Å². The van der Waals surface area contributed by atoms with E-state index < -0.39 is 6.10 Å². The fraction of sp³-hybridized carbons (Fsp3) is 0.900. The van der Waals surface area contributed by atoms with Crippen molar-refractivity contribution < 1.29 is 9.90 Å². The molecule has 1 amide bonds. The van der Waals surface area contributed by atoms with Crippen LogP contribution in [0.15, 0.2) is 0 Å². The number of carbonyl (C=O) groups excluding carboxylic acids is 1. The number of aliphatic hydroxyl groups is 1. The Morgan fingerprint density at radius 1 is 1.46 bits per heavy atom. The molecule has 0 radical (unpaired) electrons. The number of hydrogen-bond donors (Lipinski definition) is 2. The lowest BCUT2D eigenvalue weighted by Crippen LogP contribution is -2.36. The van der Waals surface area contributed by atoms with Crippen molar-refractivity contribution in [2.75, 3.05) is 6.54 Å². The number of aliphatic hydroxyl groups excluding tert-OH is 1. The van der Waals surface area contributed by atoms with E-state index in [0.29, 0.717) is 5.92 Å². The zero-order chi connectivity index (χ0) is 9.68. The molecule has 1 rings (SSSR count). The molecule has 0 aromatic rings. The molecule has 3 heteroatoms. The molecule has 1 fully saturated rings. The molecular formula is C10H19NO2. The molecule has 0 aromatic carbocycles. The van der Waals surface area contributed by atoms with Crippen LogP contribution in [-0.4, -0.2) is 23.7 Å². The highest BCUT2D eigenvalue weighted by Gasteiger charge is 2.15. The van der Waals surface area contributed by atoms with E-state index in [1.807, 2.05) is 0 Å². The summed E-state index contributed by atoms with van der Waals surface area (Å²) in [5, 5.41) is 11.7. The van der Waals surface area contributed by atoms with Crippen LogP contribution in [0.4, 0.5) is 0 Å². The van der Waals surface area contributed by atoms with Crippen LogP contribution in [0, 0.1) is 5.92 Å². The lowest BCUT2D eigenvalue weighted by molar-refractivity contribution is -0.128. The third-order valence-corrected chi connectivity index (χ3v) is 2.67. The van der Waals surface area contributed by atoms with Gasteiger partial charge in [-0.15, -0.1) is 0 Å². The monoisotopic (exact) mass is 185 g/mol. The van der Waals surface area contributed by atoms with Gasteiger partial charge in [0.25, 0.3) is 0 Å². The third kappa shape index (κ3) is 3.77. The van der Waals surface area contributed by atoms with Crippen LogP contribution >= 0.6 is 0 Å².